The Kier molecular flexibility index (Phi) is 4.93. The van der Waals surface area contributed by atoms with Crippen LogP contribution in [0.2, 0.25) is 0 Å². The van der Waals surface area contributed by atoms with Crippen LogP contribution in [0.4, 0.5) is 18.9 Å². The Morgan fingerprint density at radius 1 is 1.23 bits per heavy atom. The van der Waals surface area contributed by atoms with E-state index in [1.54, 1.807) is 17.7 Å². The molecule has 0 aliphatic heterocycles. The number of aromatic nitrogens is 2. The highest BCUT2D eigenvalue weighted by Crippen LogP contribution is 2.78. The number of rotatable bonds is 6. The lowest BCUT2D eigenvalue weighted by molar-refractivity contribution is -0.365. The van der Waals surface area contributed by atoms with Crippen molar-refractivity contribution in [2.45, 2.75) is 35.9 Å². The Morgan fingerprint density at radius 2 is 1.94 bits per heavy atom. The molecule has 1 spiro atoms. The minimum absolute atomic E-state index is 0.167. The number of halogens is 3. The normalized spacial score (nSPS) is 30.8. The summed E-state index contributed by atoms with van der Waals surface area (Å²) < 4.78 is 47.7. The topological polar surface area (TPSA) is 91.5 Å². The summed E-state index contributed by atoms with van der Waals surface area (Å²) in [5, 5.41) is 24.3. The third kappa shape index (κ3) is 2.83. The molecule has 2 heterocycles. The number of carbonyl (C=O) groups excluding carboxylic acids is 1. The highest BCUT2D eigenvalue weighted by Gasteiger charge is 2.81. The molecule has 5 unspecified atom stereocenters. The van der Waals surface area contributed by atoms with Crippen LogP contribution >= 0.6 is 11.9 Å². The number of anilines is 1. The summed E-state index contributed by atoms with van der Waals surface area (Å²) in [6.45, 7) is -0.206. The van der Waals surface area contributed by atoms with Gasteiger partial charge in [-0.05, 0) is 49.1 Å². The molecule has 3 fully saturated rings. The number of benzene rings is 1. The van der Waals surface area contributed by atoms with E-state index in [0.29, 0.717) is 29.3 Å². The second-order valence-electron chi connectivity index (χ2n) is 10.0. The number of amides is 1. The maximum absolute atomic E-state index is 13.6. The number of hydrogen-bond acceptors (Lipinski definition) is 5. The van der Waals surface area contributed by atoms with Crippen molar-refractivity contribution in [1.29, 1.82) is 0 Å². The maximum Gasteiger partial charge on any atom is 0.273 e. The SMILES string of the molecule is Cn1c(C(=O)Nc2cc(F)c(F)c(F)c2)c2ccn(C)c2c1SNC1C2CCC23C1CC3(O)CO. The first kappa shape index (κ1) is 23.0. The standard InChI is InChI=1S/C24H25F3N4O3S/c1-30-6-4-12-19(21(33)28-11-7-15(25)17(27)16(26)8-11)31(2)22(20(12)30)35-29-18-13-3-5-24(13)14(18)9-23(24,34)10-32/h4,6-8,13-14,18,29,32,34H,3,5,9-10H2,1-2H3,(H,28,33). The molecule has 5 atom stereocenters. The van der Waals surface area contributed by atoms with Crippen molar-refractivity contribution < 1.29 is 28.2 Å². The highest BCUT2D eigenvalue weighted by molar-refractivity contribution is 7.97. The smallest absolute Gasteiger partial charge is 0.273 e. The van der Waals surface area contributed by atoms with Crippen molar-refractivity contribution in [2.75, 3.05) is 11.9 Å². The van der Waals surface area contributed by atoms with Crippen LogP contribution < -0.4 is 10.0 Å². The number of aryl methyl sites for hydroxylation is 1. The summed E-state index contributed by atoms with van der Waals surface area (Å²) in [5.74, 6) is -4.31. The van der Waals surface area contributed by atoms with E-state index >= 15 is 0 Å². The third-order valence-corrected chi connectivity index (χ3v) is 9.71. The molecule has 2 aromatic heterocycles. The predicted molar refractivity (Wildman–Crippen MR) is 124 cm³/mol. The van der Waals surface area contributed by atoms with Gasteiger partial charge in [0.25, 0.3) is 5.91 Å². The van der Waals surface area contributed by atoms with Crippen LogP contribution in [0, 0.1) is 34.7 Å². The molecule has 35 heavy (non-hydrogen) atoms. The van der Waals surface area contributed by atoms with Crippen LogP contribution in [0.1, 0.15) is 29.8 Å². The molecule has 3 saturated carbocycles. The fourth-order valence-corrected chi connectivity index (χ4v) is 8.01. The van der Waals surface area contributed by atoms with Gasteiger partial charge in [-0.2, -0.15) is 0 Å². The predicted octanol–water partition coefficient (Wildman–Crippen LogP) is 3.31. The van der Waals surface area contributed by atoms with Gasteiger partial charge < -0.3 is 24.7 Å². The van der Waals surface area contributed by atoms with Crippen LogP contribution in [0.5, 0.6) is 0 Å². The summed E-state index contributed by atoms with van der Waals surface area (Å²) in [5.41, 5.74) is -0.184. The molecule has 186 valence electrons. The minimum atomic E-state index is -1.59. The molecule has 7 nitrogen and oxygen atoms in total. The molecule has 3 aliphatic rings. The first-order valence-corrected chi connectivity index (χ1v) is 12.3. The van der Waals surface area contributed by atoms with E-state index in [4.69, 9.17) is 0 Å². The number of hydrogen-bond donors (Lipinski definition) is 4. The molecule has 6 rings (SSSR count). The van der Waals surface area contributed by atoms with Gasteiger partial charge in [-0.25, -0.2) is 13.2 Å². The monoisotopic (exact) mass is 506 g/mol. The zero-order chi connectivity index (χ0) is 24.9. The lowest BCUT2D eigenvalue weighted by Crippen LogP contribution is -2.86. The van der Waals surface area contributed by atoms with Crippen molar-refractivity contribution in [3.8, 4) is 0 Å². The van der Waals surface area contributed by atoms with E-state index in [1.165, 1.54) is 11.9 Å². The molecule has 4 N–H and O–H groups in total. The Bertz CT molecular complexity index is 1360. The second kappa shape index (κ2) is 7.52. The van der Waals surface area contributed by atoms with Crippen LogP contribution in [0.25, 0.3) is 10.9 Å². The molecule has 0 saturated heterocycles. The summed E-state index contributed by atoms with van der Waals surface area (Å²) in [7, 11) is 3.61. The number of nitrogens with zero attached hydrogens (tertiary/aromatic N) is 2. The van der Waals surface area contributed by atoms with Gasteiger partial charge in [-0.15, -0.1) is 0 Å². The first-order valence-electron chi connectivity index (χ1n) is 11.5. The fourth-order valence-electron chi connectivity index (χ4n) is 6.86. The van der Waals surface area contributed by atoms with Crippen LogP contribution in [-0.4, -0.2) is 43.5 Å². The van der Waals surface area contributed by atoms with E-state index in [9.17, 15) is 28.2 Å². The molecule has 3 aromatic rings. The lowest BCUT2D eigenvalue weighted by atomic mass is 9.26. The number of aliphatic hydroxyl groups excluding tert-OH is 1. The highest BCUT2D eigenvalue weighted by atomic mass is 32.2. The van der Waals surface area contributed by atoms with Crippen molar-refractivity contribution in [1.82, 2.24) is 13.9 Å². The fraction of sp³-hybridized carbons (Fsp3) is 0.458. The molecule has 1 aromatic carbocycles. The van der Waals surface area contributed by atoms with Crippen molar-refractivity contribution in [3.05, 3.63) is 47.5 Å². The zero-order valence-corrected chi connectivity index (χ0v) is 19.9. The summed E-state index contributed by atoms with van der Waals surface area (Å²) in [6, 6.07) is 3.49. The molecular formula is C24H25F3N4O3S. The third-order valence-electron chi connectivity index (χ3n) is 8.66. The van der Waals surface area contributed by atoms with Gasteiger partial charge in [0.2, 0.25) is 0 Å². The zero-order valence-electron chi connectivity index (χ0n) is 19.1. The molecule has 0 bridgehead atoms. The van der Waals surface area contributed by atoms with E-state index in [-0.39, 0.29) is 23.8 Å². The van der Waals surface area contributed by atoms with Gasteiger partial charge >= 0.3 is 0 Å². The van der Waals surface area contributed by atoms with Crippen LogP contribution in [0.15, 0.2) is 29.4 Å². The van der Waals surface area contributed by atoms with Crippen molar-refractivity contribution in [2.24, 2.45) is 31.3 Å². The van der Waals surface area contributed by atoms with Gasteiger partial charge in [0, 0.05) is 55.0 Å². The first-order chi connectivity index (χ1) is 16.6. The van der Waals surface area contributed by atoms with E-state index in [0.717, 1.165) is 35.5 Å². The number of aliphatic hydroxyl groups is 2. The number of carbonyl (C=O) groups is 1. The van der Waals surface area contributed by atoms with E-state index < -0.39 is 29.0 Å². The van der Waals surface area contributed by atoms with Gasteiger partial charge in [-0.3, -0.25) is 9.52 Å². The number of nitrogens with one attached hydrogen (secondary N) is 2. The van der Waals surface area contributed by atoms with Crippen LogP contribution in [0.3, 0.4) is 0 Å². The maximum atomic E-state index is 13.6. The van der Waals surface area contributed by atoms with Gasteiger partial charge in [0.05, 0.1) is 17.7 Å². The molecule has 3 aliphatic carbocycles. The molecule has 11 heteroatoms. The van der Waals surface area contributed by atoms with E-state index in [1.807, 2.05) is 17.8 Å². The molecule has 0 radical (unpaired) electrons. The molecule has 1 amide bonds. The van der Waals surface area contributed by atoms with Gasteiger partial charge in [0.15, 0.2) is 17.5 Å². The van der Waals surface area contributed by atoms with Gasteiger partial charge in [0.1, 0.15) is 10.7 Å². The Balaban J connectivity index is 1.26. The van der Waals surface area contributed by atoms with E-state index in [2.05, 4.69) is 10.0 Å². The summed E-state index contributed by atoms with van der Waals surface area (Å²) in [6.07, 6.45) is 4.34. The Labute approximate surface area is 203 Å². The minimum Gasteiger partial charge on any atom is -0.393 e. The average Bonchev–Trinajstić information content (AvgIpc) is 3.28. The second-order valence-corrected chi connectivity index (χ2v) is 10.9. The summed E-state index contributed by atoms with van der Waals surface area (Å²) >= 11 is 1.41. The van der Waals surface area contributed by atoms with Crippen molar-refractivity contribution >= 4 is 34.4 Å². The van der Waals surface area contributed by atoms with Crippen molar-refractivity contribution in [3.63, 3.8) is 0 Å². The summed E-state index contributed by atoms with van der Waals surface area (Å²) in [4.78, 5) is 13.1. The number of fused-ring (bicyclic) bond motifs is 1. The van der Waals surface area contributed by atoms with Crippen LogP contribution in [-0.2, 0) is 14.1 Å². The Hall–Kier alpha value is -2.47. The molecular weight excluding hydrogens is 481 g/mol. The van der Waals surface area contributed by atoms with Gasteiger partial charge in [-0.1, -0.05) is 0 Å². The average molecular weight is 507 g/mol. The Morgan fingerprint density at radius 3 is 2.54 bits per heavy atom. The quantitative estimate of drug-likeness (QED) is 0.304. The largest absolute Gasteiger partial charge is 0.393 e. The lowest BCUT2D eigenvalue weighted by Gasteiger charge is -2.81.